The Morgan fingerprint density at radius 1 is 1.30 bits per heavy atom. The van der Waals surface area contributed by atoms with Crippen LogP contribution in [-0.2, 0) is 6.42 Å². The molecule has 0 amide bonds. The lowest BCUT2D eigenvalue weighted by Gasteiger charge is -2.19. The molecular formula is C21H18ClN7S. The van der Waals surface area contributed by atoms with E-state index in [1.165, 1.54) is 17.3 Å². The zero-order valence-corrected chi connectivity index (χ0v) is 17.8. The van der Waals surface area contributed by atoms with Crippen LogP contribution in [0.25, 0.3) is 22.1 Å². The van der Waals surface area contributed by atoms with Crippen molar-refractivity contribution < 1.29 is 0 Å². The number of aromatic amines is 1. The monoisotopic (exact) mass is 435 g/mol. The van der Waals surface area contributed by atoms with Crippen LogP contribution in [0, 0.1) is 5.92 Å². The van der Waals surface area contributed by atoms with Crippen molar-refractivity contribution in [3.63, 3.8) is 0 Å². The summed E-state index contributed by atoms with van der Waals surface area (Å²) in [5, 5.41) is 2.24. The number of pyridine rings is 2. The van der Waals surface area contributed by atoms with Crippen LogP contribution in [0.4, 0.5) is 5.82 Å². The smallest absolute Gasteiger partial charge is 0.196 e. The molecule has 7 nitrogen and oxygen atoms in total. The maximum Gasteiger partial charge on any atom is 0.196 e. The van der Waals surface area contributed by atoms with Gasteiger partial charge in [-0.25, -0.2) is 9.97 Å². The Kier molecular flexibility index (Phi) is 3.94. The van der Waals surface area contributed by atoms with Gasteiger partial charge in [0.05, 0.1) is 21.4 Å². The number of anilines is 1. The number of nitrogens with one attached hydrogen (secondary N) is 1. The van der Waals surface area contributed by atoms with Crippen molar-refractivity contribution in [2.45, 2.75) is 23.4 Å². The minimum atomic E-state index is 0.394. The number of hydrogen-bond donors (Lipinski definition) is 2. The summed E-state index contributed by atoms with van der Waals surface area (Å²) in [7, 11) is 0. The van der Waals surface area contributed by atoms with Crippen LogP contribution in [0.15, 0.2) is 51.9 Å². The fraction of sp³-hybridized carbons (Fsp3) is 0.238. The molecule has 4 aromatic rings. The van der Waals surface area contributed by atoms with Gasteiger partial charge in [-0.1, -0.05) is 18.5 Å². The molecule has 5 heterocycles. The topological polar surface area (TPSA) is 96.6 Å². The minimum Gasteiger partial charge on any atom is -0.401 e. The van der Waals surface area contributed by atoms with E-state index in [2.05, 4.69) is 26.8 Å². The first-order valence-electron chi connectivity index (χ1n) is 9.82. The van der Waals surface area contributed by atoms with Gasteiger partial charge in [-0.3, -0.25) is 9.97 Å². The Bertz CT molecular complexity index is 1360. The molecule has 150 valence electrons. The van der Waals surface area contributed by atoms with Gasteiger partial charge >= 0.3 is 0 Å². The number of nitrogens with two attached hydrogens (primary N) is 1. The molecule has 0 spiro atoms. The van der Waals surface area contributed by atoms with Crippen LogP contribution in [-0.4, -0.2) is 38.0 Å². The Hall–Kier alpha value is -2.84. The molecule has 0 aromatic carbocycles. The van der Waals surface area contributed by atoms with Gasteiger partial charge in [0.1, 0.15) is 11.5 Å². The van der Waals surface area contributed by atoms with E-state index in [4.69, 9.17) is 27.3 Å². The highest BCUT2D eigenvalue weighted by Gasteiger charge is 2.43. The Morgan fingerprint density at radius 2 is 2.20 bits per heavy atom. The summed E-state index contributed by atoms with van der Waals surface area (Å²) < 4.78 is 0. The van der Waals surface area contributed by atoms with Crippen molar-refractivity contribution in [2.24, 2.45) is 11.7 Å². The molecule has 1 aliphatic heterocycles. The first-order valence-corrected chi connectivity index (χ1v) is 11.0. The van der Waals surface area contributed by atoms with Gasteiger partial charge in [0.2, 0.25) is 0 Å². The second kappa shape index (κ2) is 6.58. The van der Waals surface area contributed by atoms with E-state index < -0.39 is 0 Å². The second-order valence-corrected chi connectivity index (χ2v) is 8.97. The molecule has 1 aliphatic carbocycles. The Balaban J connectivity index is 1.44. The standard InChI is InChI=1S/C21H18ClN7S/c1-2-13-17(22)16-19(26-13)27-21(28-20(16)29-8-11-12(9-29)18(11)23)30-10-6-15-14(25-7-10)4-3-5-24-15/h3-7,11H,2,8-9,23H2,1H3,(H,26,27,28). The molecule has 1 unspecified atom stereocenters. The number of hydrogen-bond acceptors (Lipinski definition) is 7. The van der Waals surface area contributed by atoms with Gasteiger partial charge in [-0.05, 0) is 42.0 Å². The molecular weight excluding hydrogens is 418 g/mol. The van der Waals surface area contributed by atoms with Gasteiger partial charge in [0.15, 0.2) is 5.16 Å². The molecule has 0 radical (unpaired) electrons. The molecule has 1 saturated heterocycles. The molecule has 30 heavy (non-hydrogen) atoms. The minimum absolute atomic E-state index is 0.394. The van der Waals surface area contributed by atoms with Crippen molar-refractivity contribution >= 4 is 51.2 Å². The summed E-state index contributed by atoms with van der Waals surface area (Å²) in [4.78, 5) is 25.1. The van der Waals surface area contributed by atoms with Crippen molar-refractivity contribution in [3.05, 3.63) is 52.6 Å². The fourth-order valence-electron chi connectivity index (χ4n) is 4.09. The first-order chi connectivity index (χ1) is 14.6. The summed E-state index contributed by atoms with van der Waals surface area (Å²) in [6, 6.07) is 5.84. The lowest BCUT2D eigenvalue weighted by molar-refractivity contribution is 0.830. The fourth-order valence-corrected chi connectivity index (χ4v) is 5.20. The molecule has 1 fully saturated rings. The Morgan fingerprint density at radius 3 is 3.00 bits per heavy atom. The highest BCUT2D eigenvalue weighted by molar-refractivity contribution is 7.99. The summed E-state index contributed by atoms with van der Waals surface area (Å²) in [6.45, 7) is 3.72. The lowest BCUT2D eigenvalue weighted by Crippen LogP contribution is -2.24. The molecule has 0 saturated carbocycles. The molecule has 2 aliphatic rings. The van der Waals surface area contributed by atoms with Gasteiger partial charge in [0.25, 0.3) is 0 Å². The number of rotatable bonds is 4. The summed E-state index contributed by atoms with van der Waals surface area (Å²) in [5.41, 5.74) is 11.8. The normalized spacial score (nSPS) is 17.9. The second-order valence-electron chi connectivity index (χ2n) is 7.55. The molecule has 9 heteroatoms. The van der Waals surface area contributed by atoms with Crippen LogP contribution in [0.1, 0.15) is 12.6 Å². The van der Waals surface area contributed by atoms with Gasteiger partial charge < -0.3 is 15.6 Å². The number of H-pyrrole nitrogens is 1. The van der Waals surface area contributed by atoms with E-state index in [9.17, 15) is 0 Å². The predicted molar refractivity (Wildman–Crippen MR) is 119 cm³/mol. The number of fused-ring (bicyclic) bond motifs is 3. The van der Waals surface area contributed by atoms with E-state index in [1.54, 1.807) is 6.20 Å². The third-order valence-corrected chi connectivity index (χ3v) is 7.00. The number of aromatic nitrogens is 5. The zero-order valence-electron chi connectivity index (χ0n) is 16.2. The molecule has 0 bridgehead atoms. The third kappa shape index (κ3) is 2.74. The number of aryl methyl sites for hydroxylation is 1. The van der Waals surface area contributed by atoms with Crippen molar-refractivity contribution in [1.82, 2.24) is 24.9 Å². The summed E-state index contributed by atoms with van der Waals surface area (Å²) in [5.74, 6) is 1.26. The first kappa shape index (κ1) is 18.0. The predicted octanol–water partition coefficient (Wildman–Crippen LogP) is 3.93. The van der Waals surface area contributed by atoms with Crippen molar-refractivity contribution in [3.8, 4) is 0 Å². The molecule has 3 N–H and O–H groups in total. The molecule has 6 rings (SSSR count). The van der Waals surface area contributed by atoms with Crippen molar-refractivity contribution in [1.29, 1.82) is 0 Å². The summed E-state index contributed by atoms with van der Waals surface area (Å²) in [6.07, 6.45) is 4.40. The molecule has 1 atom stereocenters. The van der Waals surface area contributed by atoms with Crippen LogP contribution in [0.3, 0.4) is 0 Å². The van der Waals surface area contributed by atoms with Crippen LogP contribution in [0.5, 0.6) is 0 Å². The highest BCUT2D eigenvalue weighted by Crippen LogP contribution is 2.45. The van der Waals surface area contributed by atoms with Crippen LogP contribution in [0.2, 0.25) is 5.02 Å². The van der Waals surface area contributed by atoms with Gasteiger partial charge in [-0.2, -0.15) is 0 Å². The number of nitrogens with zero attached hydrogens (tertiary/aromatic N) is 5. The van der Waals surface area contributed by atoms with Crippen LogP contribution >= 0.6 is 23.4 Å². The highest BCUT2D eigenvalue weighted by atomic mass is 35.5. The van der Waals surface area contributed by atoms with Gasteiger partial charge in [-0.15, -0.1) is 0 Å². The van der Waals surface area contributed by atoms with E-state index in [0.717, 1.165) is 63.7 Å². The average molecular weight is 436 g/mol. The third-order valence-electron chi connectivity index (χ3n) is 5.76. The maximum absolute atomic E-state index is 6.70. The Labute approximate surface area is 181 Å². The van der Waals surface area contributed by atoms with Gasteiger partial charge in [0, 0.05) is 47.7 Å². The molecule has 4 aromatic heterocycles. The van der Waals surface area contributed by atoms with E-state index in [0.29, 0.717) is 16.1 Å². The van der Waals surface area contributed by atoms with E-state index in [-0.39, 0.29) is 0 Å². The van der Waals surface area contributed by atoms with Crippen LogP contribution < -0.4 is 10.6 Å². The lowest BCUT2D eigenvalue weighted by atomic mass is 10.3. The number of halogens is 1. The van der Waals surface area contributed by atoms with E-state index in [1.807, 2.05) is 24.4 Å². The zero-order chi connectivity index (χ0) is 20.4. The quantitative estimate of drug-likeness (QED) is 0.469. The summed E-state index contributed by atoms with van der Waals surface area (Å²) >= 11 is 8.17. The largest absolute Gasteiger partial charge is 0.401 e. The van der Waals surface area contributed by atoms with E-state index >= 15 is 0 Å². The maximum atomic E-state index is 6.70. The van der Waals surface area contributed by atoms with Crippen molar-refractivity contribution in [2.75, 3.05) is 18.0 Å². The SMILES string of the molecule is CCc1[nH]c2nc(Sc3cnc4cccnc4c3)nc(N3CC4=C(N)C4C3)c2c1Cl. The average Bonchev–Trinajstić information content (AvgIpc) is 3.10.